The minimum absolute atomic E-state index is 0.0238. The van der Waals surface area contributed by atoms with Gasteiger partial charge in [0.25, 0.3) is 17.7 Å². The van der Waals surface area contributed by atoms with E-state index in [1.54, 1.807) is 42.1 Å². The average molecular weight is 634 g/mol. The van der Waals surface area contributed by atoms with Crippen LogP contribution in [-0.4, -0.2) is 55.6 Å². The highest BCUT2D eigenvalue weighted by Crippen LogP contribution is 2.33. The summed E-state index contributed by atoms with van der Waals surface area (Å²) >= 11 is 6.72. The van der Waals surface area contributed by atoms with Crippen molar-refractivity contribution >= 4 is 68.5 Å². The van der Waals surface area contributed by atoms with Gasteiger partial charge < -0.3 is 25.3 Å². The lowest BCUT2D eigenvalue weighted by Gasteiger charge is -2.26. The fraction of sp³-hybridized carbons (Fsp3) is 0.200. The van der Waals surface area contributed by atoms with Crippen LogP contribution in [0.25, 0.3) is 10.2 Å². The van der Waals surface area contributed by atoms with Crippen LogP contribution < -0.4 is 16.0 Å². The molecule has 3 aromatic heterocycles. The molecule has 2 aromatic carbocycles. The first-order chi connectivity index (χ1) is 21.1. The van der Waals surface area contributed by atoms with Crippen molar-refractivity contribution in [2.45, 2.75) is 19.4 Å². The van der Waals surface area contributed by atoms with Crippen LogP contribution in [0.1, 0.15) is 50.1 Å². The molecule has 0 aliphatic rings. The van der Waals surface area contributed by atoms with Gasteiger partial charge in [0.1, 0.15) is 11.4 Å². The second kappa shape index (κ2) is 12.7. The Morgan fingerprint density at radius 3 is 2.41 bits per heavy atom. The van der Waals surface area contributed by atoms with Crippen LogP contribution in [0.5, 0.6) is 0 Å². The summed E-state index contributed by atoms with van der Waals surface area (Å²) in [4.78, 5) is 57.1. The fourth-order valence-corrected chi connectivity index (χ4v) is 5.50. The summed E-state index contributed by atoms with van der Waals surface area (Å²) in [6.07, 6.45) is 2.30. The van der Waals surface area contributed by atoms with Crippen molar-refractivity contribution in [3.8, 4) is 0 Å². The predicted molar refractivity (Wildman–Crippen MR) is 168 cm³/mol. The summed E-state index contributed by atoms with van der Waals surface area (Å²) in [6.45, 7) is 3.71. The Bertz CT molecular complexity index is 1860. The maximum atomic E-state index is 13.5. The molecule has 12 nitrogen and oxygen atoms in total. The third-order valence-corrected chi connectivity index (χ3v) is 7.92. The van der Waals surface area contributed by atoms with Crippen molar-refractivity contribution in [2.75, 3.05) is 23.1 Å². The normalized spacial score (nSPS) is 11.3. The first-order valence-electron chi connectivity index (χ1n) is 13.4. The number of carbonyl (C=O) groups is 4. The van der Waals surface area contributed by atoms with E-state index in [-0.39, 0.29) is 41.3 Å². The van der Waals surface area contributed by atoms with Gasteiger partial charge in [-0.1, -0.05) is 42.5 Å². The third kappa shape index (κ3) is 6.33. The Balaban J connectivity index is 1.45. The second-order valence-corrected chi connectivity index (χ2v) is 11.6. The van der Waals surface area contributed by atoms with Gasteiger partial charge in [0.2, 0.25) is 0 Å². The van der Waals surface area contributed by atoms with Gasteiger partial charge in [-0.25, -0.2) is 9.78 Å². The Hall–Kier alpha value is -5.01. The van der Waals surface area contributed by atoms with Gasteiger partial charge in [-0.15, -0.1) is 28.0 Å². The fourth-order valence-electron chi connectivity index (χ4n) is 4.42. The zero-order valence-corrected chi connectivity index (χ0v) is 25.5. The van der Waals surface area contributed by atoms with E-state index in [0.717, 1.165) is 21.6 Å². The molecular weight excluding hydrogens is 606 g/mol. The van der Waals surface area contributed by atoms with Gasteiger partial charge in [-0.05, 0) is 37.6 Å². The van der Waals surface area contributed by atoms with Crippen molar-refractivity contribution < 1.29 is 23.9 Å². The molecule has 0 spiro atoms. The van der Waals surface area contributed by atoms with Crippen LogP contribution in [0.3, 0.4) is 0 Å². The summed E-state index contributed by atoms with van der Waals surface area (Å²) in [5.74, 6) is -1.22. The van der Waals surface area contributed by atoms with E-state index in [2.05, 4.69) is 26.0 Å². The number of para-hydroxylation sites is 1. The SMILES string of the molecule is Cn1ccnc1C(=O)Nc1ccccc1C(=O)Nc1nn(C(=O)OCCCl)c2sc(C(=O)NC(C)(C)c3ccccc3)cc12. The van der Waals surface area contributed by atoms with E-state index in [1.807, 2.05) is 44.2 Å². The standard InChI is InChI=1S/C30H28ClN7O5S/c1-30(2,18-9-5-4-6-10-18)35-26(40)22-17-20-23(36-38(28(20)44-22)29(42)43-16-13-31)34-25(39)19-11-7-8-12-21(19)33-27(41)24-32-14-15-37(24)3/h4-12,14-15,17H,13,16H2,1-3H3,(H,33,41)(H,35,40)(H,34,36,39). The maximum Gasteiger partial charge on any atom is 0.436 e. The molecule has 0 unspecified atom stereocenters. The zero-order valence-electron chi connectivity index (χ0n) is 24.0. The molecule has 3 amide bonds. The van der Waals surface area contributed by atoms with Crippen LogP contribution in [0.2, 0.25) is 0 Å². The lowest BCUT2D eigenvalue weighted by atomic mass is 9.94. The number of carbonyl (C=O) groups excluding carboxylic acids is 4. The molecule has 0 saturated carbocycles. The molecule has 5 rings (SSSR count). The highest BCUT2D eigenvalue weighted by Gasteiger charge is 2.28. The molecule has 0 saturated heterocycles. The lowest BCUT2D eigenvalue weighted by molar-refractivity contribution is 0.0915. The lowest BCUT2D eigenvalue weighted by Crippen LogP contribution is -2.40. The molecule has 0 radical (unpaired) electrons. The molecule has 14 heteroatoms. The van der Waals surface area contributed by atoms with Gasteiger partial charge in [0.15, 0.2) is 11.6 Å². The number of alkyl halides is 1. The molecule has 3 heterocycles. The molecule has 3 N–H and O–H groups in total. The molecule has 44 heavy (non-hydrogen) atoms. The molecular formula is C30H28ClN7O5S. The molecule has 0 atom stereocenters. The number of imidazole rings is 1. The number of thiophene rings is 1. The van der Waals surface area contributed by atoms with Crippen molar-refractivity contribution in [2.24, 2.45) is 7.05 Å². The maximum absolute atomic E-state index is 13.5. The van der Waals surface area contributed by atoms with E-state index in [1.165, 1.54) is 12.3 Å². The summed E-state index contributed by atoms with van der Waals surface area (Å²) in [6, 6.07) is 17.5. The number of hydrogen-bond donors (Lipinski definition) is 3. The monoisotopic (exact) mass is 633 g/mol. The summed E-state index contributed by atoms with van der Waals surface area (Å²) < 4.78 is 7.71. The summed E-state index contributed by atoms with van der Waals surface area (Å²) in [7, 11) is 1.68. The number of hydrogen-bond acceptors (Lipinski definition) is 8. The van der Waals surface area contributed by atoms with Gasteiger partial charge in [0, 0.05) is 19.4 Å². The number of nitrogens with one attached hydrogen (secondary N) is 3. The van der Waals surface area contributed by atoms with Crippen LogP contribution in [-0.2, 0) is 17.3 Å². The number of aromatic nitrogens is 4. The Kier molecular flexibility index (Phi) is 8.78. The Labute approximate surface area is 261 Å². The third-order valence-electron chi connectivity index (χ3n) is 6.66. The van der Waals surface area contributed by atoms with Crippen molar-refractivity contribution in [1.82, 2.24) is 24.6 Å². The largest absolute Gasteiger partial charge is 0.447 e. The van der Waals surface area contributed by atoms with E-state index in [4.69, 9.17) is 16.3 Å². The van der Waals surface area contributed by atoms with Gasteiger partial charge in [-0.3, -0.25) is 14.4 Å². The number of nitrogens with zero attached hydrogens (tertiary/aromatic N) is 4. The number of amides is 3. The molecule has 0 fully saturated rings. The van der Waals surface area contributed by atoms with E-state index >= 15 is 0 Å². The van der Waals surface area contributed by atoms with Crippen molar-refractivity contribution in [3.63, 3.8) is 0 Å². The number of aryl methyl sites for hydroxylation is 1. The van der Waals surface area contributed by atoms with Crippen molar-refractivity contribution in [1.29, 1.82) is 0 Å². The summed E-state index contributed by atoms with van der Waals surface area (Å²) in [5, 5.41) is 13.1. The average Bonchev–Trinajstić information content (AvgIpc) is 3.72. The van der Waals surface area contributed by atoms with Gasteiger partial charge in [0.05, 0.1) is 32.9 Å². The van der Waals surface area contributed by atoms with Crippen LogP contribution in [0, 0.1) is 0 Å². The smallest absolute Gasteiger partial charge is 0.436 e. The van der Waals surface area contributed by atoms with Crippen LogP contribution in [0.15, 0.2) is 73.1 Å². The molecule has 0 aliphatic heterocycles. The number of halogens is 1. The Morgan fingerprint density at radius 2 is 1.70 bits per heavy atom. The number of anilines is 2. The molecule has 0 aliphatic carbocycles. The first-order valence-corrected chi connectivity index (χ1v) is 14.8. The minimum atomic E-state index is -0.822. The summed E-state index contributed by atoms with van der Waals surface area (Å²) in [5.41, 5.74) is 0.593. The molecule has 5 aromatic rings. The van der Waals surface area contributed by atoms with Crippen LogP contribution >= 0.6 is 22.9 Å². The Morgan fingerprint density at radius 1 is 0.977 bits per heavy atom. The zero-order chi connectivity index (χ0) is 31.4. The van der Waals surface area contributed by atoms with Gasteiger partial charge in [-0.2, -0.15) is 4.68 Å². The molecule has 0 bridgehead atoms. The molecule has 226 valence electrons. The second-order valence-electron chi connectivity index (χ2n) is 10.2. The number of fused-ring (bicyclic) bond motifs is 1. The van der Waals surface area contributed by atoms with Gasteiger partial charge >= 0.3 is 6.09 Å². The van der Waals surface area contributed by atoms with Crippen LogP contribution in [0.4, 0.5) is 16.3 Å². The number of ether oxygens (including phenoxy) is 1. The minimum Gasteiger partial charge on any atom is -0.447 e. The van der Waals surface area contributed by atoms with E-state index in [0.29, 0.717) is 15.1 Å². The number of benzene rings is 2. The topological polar surface area (TPSA) is 149 Å². The van der Waals surface area contributed by atoms with E-state index in [9.17, 15) is 19.2 Å². The van der Waals surface area contributed by atoms with Crippen molar-refractivity contribution in [3.05, 3.63) is 94.9 Å². The number of rotatable bonds is 9. The predicted octanol–water partition coefficient (Wildman–Crippen LogP) is 5.22. The highest BCUT2D eigenvalue weighted by molar-refractivity contribution is 7.20. The van der Waals surface area contributed by atoms with E-state index < -0.39 is 23.4 Å². The quantitative estimate of drug-likeness (QED) is 0.188. The highest BCUT2D eigenvalue weighted by atomic mass is 35.5. The first kappa shape index (κ1) is 30.4.